The molecule has 0 amide bonds. The van der Waals surface area contributed by atoms with E-state index >= 15 is 0 Å². The maximum absolute atomic E-state index is 11.0. The van der Waals surface area contributed by atoms with Crippen molar-refractivity contribution < 1.29 is 28.8 Å². The van der Waals surface area contributed by atoms with E-state index in [0.29, 0.717) is 11.0 Å². The van der Waals surface area contributed by atoms with Gasteiger partial charge >= 0.3 is 24.8 Å². The van der Waals surface area contributed by atoms with Crippen LogP contribution in [0.4, 0.5) is 0 Å². The molecule has 78 valence electrons. The largest absolute Gasteiger partial charge is 1.00 e. The fraction of sp³-hybridized carbons (Fsp3) is 0.0909. The van der Waals surface area contributed by atoms with Gasteiger partial charge < -0.3 is 10.1 Å². The van der Waals surface area contributed by atoms with E-state index in [-0.39, 0.29) is 18.9 Å². The topological polar surface area (TPSA) is 53.1 Å². The zero-order chi connectivity index (χ0) is 10.8. The van der Waals surface area contributed by atoms with Crippen LogP contribution in [0, 0.1) is 11.8 Å². The number of carbonyl (C=O) groups is 1. The number of hydrogen-bond donors (Lipinski definition) is 2. The molecule has 0 aliphatic heterocycles. The van der Waals surface area contributed by atoms with E-state index in [4.69, 9.17) is 16.7 Å². The Morgan fingerprint density at radius 3 is 2.88 bits per heavy atom. The first-order valence-corrected chi connectivity index (χ1v) is 4.85. The Morgan fingerprint density at radius 2 is 2.31 bits per heavy atom. The van der Waals surface area contributed by atoms with Gasteiger partial charge in [-0.05, 0) is 6.20 Å². The van der Waals surface area contributed by atoms with E-state index < -0.39 is 11.9 Å². The first-order chi connectivity index (χ1) is 7.20. The summed E-state index contributed by atoms with van der Waals surface area (Å²) in [4.78, 5) is 14.0. The minimum Gasteiger partial charge on any atom is -0.481 e. The fourth-order valence-electron chi connectivity index (χ4n) is 1.59. The average molecular weight is 230 g/mol. The maximum Gasteiger partial charge on any atom is 1.00 e. The summed E-state index contributed by atoms with van der Waals surface area (Å²) >= 11 is 6.00. The standard InChI is InChI=1S/C11H9ClNO2.Li/c12-8-4-1-3-7(11(14)15)10(8)9-5-2-6-13-9;/h1-7,13H,(H,14,15);/q-1;+1. The van der Waals surface area contributed by atoms with E-state index in [1.54, 1.807) is 30.5 Å². The molecular weight excluding hydrogens is 221 g/mol. The molecular formula is C11H9ClLiNO2. The van der Waals surface area contributed by atoms with Crippen LogP contribution in [-0.2, 0) is 4.79 Å². The summed E-state index contributed by atoms with van der Waals surface area (Å²) in [5.41, 5.74) is 0.744. The van der Waals surface area contributed by atoms with Gasteiger partial charge in [-0.2, -0.15) is 0 Å². The Morgan fingerprint density at radius 1 is 1.56 bits per heavy atom. The summed E-state index contributed by atoms with van der Waals surface area (Å²) in [5.74, 6) is -0.972. The molecule has 1 unspecified atom stereocenters. The second-order valence-corrected chi connectivity index (χ2v) is 3.62. The molecule has 16 heavy (non-hydrogen) atoms. The van der Waals surface area contributed by atoms with Crippen molar-refractivity contribution in [2.24, 2.45) is 5.92 Å². The second-order valence-electron chi connectivity index (χ2n) is 3.21. The van der Waals surface area contributed by atoms with Gasteiger partial charge in [-0.25, -0.2) is 0 Å². The van der Waals surface area contributed by atoms with E-state index in [0.717, 1.165) is 5.69 Å². The van der Waals surface area contributed by atoms with Gasteiger partial charge in [-0.1, -0.05) is 28.8 Å². The van der Waals surface area contributed by atoms with E-state index in [2.05, 4.69) is 4.98 Å². The van der Waals surface area contributed by atoms with Crippen LogP contribution < -0.4 is 18.9 Å². The molecule has 2 rings (SSSR count). The number of aromatic nitrogens is 1. The molecule has 5 heteroatoms. The van der Waals surface area contributed by atoms with Crippen LogP contribution in [0.25, 0.3) is 0 Å². The zero-order valence-electron chi connectivity index (χ0n) is 8.77. The molecule has 1 atom stereocenters. The van der Waals surface area contributed by atoms with Crippen molar-refractivity contribution in [3.8, 4) is 0 Å². The van der Waals surface area contributed by atoms with Crippen molar-refractivity contribution in [1.29, 1.82) is 0 Å². The first-order valence-electron chi connectivity index (χ1n) is 4.48. The fourth-order valence-corrected chi connectivity index (χ4v) is 1.88. The maximum atomic E-state index is 11.0. The first kappa shape index (κ1) is 13.1. The number of halogens is 1. The van der Waals surface area contributed by atoms with Crippen LogP contribution in [-0.4, -0.2) is 16.1 Å². The van der Waals surface area contributed by atoms with Crippen LogP contribution in [0.15, 0.2) is 41.6 Å². The molecule has 2 N–H and O–H groups in total. The Hall–Kier alpha value is -1.01. The Labute approximate surface area is 110 Å². The van der Waals surface area contributed by atoms with Crippen LogP contribution in [0.5, 0.6) is 0 Å². The van der Waals surface area contributed by atoms with Gasteiger partial charge in [0.2, 0.25) is 0 Å². The van der Waals surface area contributed by atoms with Crippen molar-refractivity contribution >= 4 is 17.6 Å². The Bertz CT molecular complexity index is 425. The number of H-pyrrole nitrogens is 1. The minimum absolute atomic E-state index is 0. The number of rotatable bonds is 2. The van der Waals surface area contributed by atoms with Crippen LogP contribution in [0.3, 0.4) is 0 Å². The number of aromatic amines is 1. The van der Waals surface area contributed by atoms with Crippen molar-refractivity contribution in [3.05, 3.63) is 53.2 Å². The van der Waals surface area contributed by atoms with Crippen molar-refractivity contribution in [1.82, 2.24) is 4.98 Å². The van der Waals surface area contributed by atoms with Crippen LogP contribution in [0.1, 0.15) is 5.69 Å². The molecule has 0 saturated carbocycles. The van der Waals surface area contributed by atoms with Crippen LogP contribution in [0.2, 0.25) is 0 Å². The molecule has 1 aromatic rings. The summed E-state index contributed by atoms with van der Waals surface area (Å²) < 4.78 is 0. The molecule has 1 aromatic heterocycles. The van der Waals surface area contributed by atoms with Gasteiger partial charge in [0, 0.05) is 0 Å². The summed E-state index contributed by atoms with van der Waals surface area (Å²) in [5, 5.41) is 9.52. The minimum atomic E-state index is -0.901. The predicted octanol–water partition coefficient (Wildman–Crippen LogP) is -0.665. The van der Waals surface area contributed by atoms with Crippen molar-refractivity contribution in [2.75, 3.05) is 0 Å². The van der Waals surface area contributed by atoms with Crippen molar-refractivity contribution in [3.63, 3.8) is 0 Å². The number of allylic oxidation sites excluding steroid dienone is 3. The Balaban J connectivity index is 0.00000128. The van der Waals surface area contributed by atoms with Gasteiger partial charge in [0.05, 0.1) is 5.92 Å². The molecule has 0 radical (unpaired) electrons. The number of carboxylic acids is 1. The van der Waals surface area contributed by atoms with Gasteiger partial charge in [0.1, 0.15) is 0 Å². The molecule has 1 heterocycles. The van der Waals surface area contributed by atoms with Gasteiger partial charge in [-0.3, -0.25) is 4.79 Å². The third-order valence-electron chi connectivity index (χ3n) is 2.27. The third-order valence-corrected chi connectivity index (χ3v) is 2.60. The molecule has 0 spiro atoms. The number of aliphatic carboxylic acids is 1. The van der Waals surface area contributed by atoms with Gasteiger partial charge in [-0.15, -0.1) is 29.8 Å². The molecule has 0 bridgehead atoms. The van der Waals surface area contributed by atoms with E-state index in [9.17, 15) is 4.79 Å². The summed E-state index contributed by atoms with van der Waals surface area (Å²) in [6.07, 6.45) is 6.71. The summed E-state index contributed by atoms with van der Waals surface area (Å²) in [6.45, 7) is 0. The summed E-state index contributed by atoms with van der Waals surface area (Å²) in [6, 6.07) is 3.62. The molecule has 0 fully saturated rings. The summed E-state index contributed by atoms with van der Waals surface area (Å²) in [7, 11) is 0. The smallest absolute Gasteiger partial charge is 0.481 e. The predicted molar refractivity (Wildman–Crippen MR) is 57.3 cm³/mol. The number of nitrogens with one attached hydrogen (secondary N) is 1. The normalized spacial score (nSPS) is 18.9. The Kier molecular flexibility index (Phi) is 4.37. The SMILES string of the molecule is O=C(O)C1C=CC=C(Cl)[C-]1c1ccc[nH]1.[Li+]. The van der Waals surface area contributed by atoms with Crippen molar-refractivity contribution in [2.45, 2.75) is 0 Å². The molecule has 1 aliphatic carbocycles. The number of hydrogen-bond acceptors (Lipinski definition) is 1. The zero-order valence-corrected chi connectivity index (χ0v) is 9.53. The second kappa shape index (κ2) is 5.36. The van der Waals surface area contributed by atoms with Gasteiger partial charge in [0.15, 0.2) is 0 Å². The van der Waals surface area contributed by atoms with Gasteiger partial charge in [0.25, 0.3) is 0 Å². The number of carboxylic acid groups (broad SMARTS) is 1. The van der Waals surface area contributed by atoms with Crippen LogP contribution >= 0.6 is 11.6 Å². The van der Waals surface area contributed by atoms with E-state index in [1.165, 1.54) is 0 Å². The third kappa shape index (κ3) is 2.38. The molecule has 3 nitrogen and oxygen atoms in total. The molecule has 0 saturated heterocycles. The quantitative estimate of drug-likeness (QED) is 0.522. The average Bonchev–Trinajstić information content (AvgIpc) is 2.70. The molecule has 1 aliphatic rings. The monoisotopic (exact) mass is 229 g/mol. The molecule has 0 aromatic carbocycles. The van der Waals surface area contributed by atoms with E-state index in [1.807, 2.05) is 6.07 Å².